The molecule has 7 aromatic rings. The molecule has 6 aromatic carbocycles. The van der Waals surface area contributed by atoms with Gasteiger partial charge < -0.3 is 4.90 Å². The Kier molecular flexibility index (Phi) is 5.96. The van der Waals surface area contributed by atoms with Crippen LogP contribution in [0.4, 0.5) is 17.1 Å². The predicted molar refractivity (Wildman–Crippen MR) is 170 cm³/mol. The zero-order chi connectivity index (χ0) is 26.2. The quantitative estimate of drug-likeness (QED) is 0.219. The lowest BCUT2D eigenvalue weighted by Gasteiger charge is -2.26. The fraction of sp³-hybridized carbons (Fsp3) is 0.0270. The molecule has 2 heteroatoms. The van der Waals surface area contributed by atoms with Crippen LogP contribution >= 0.6 is 11.3 Å². The first-order valence-electron chi connectivity index (χ1n) is 13.3. The van der Waals surface area contributed by atoms with Gasteiger partial charge in [-0.2, -0.15) is 0 Å². The number of anilines is 3. The molecule has 0 aliphatic heterocycles. The number of fused-ring (bicyclic) bond motifs is 3. The number of benzene rings is 6. The van der Waals surface area contributed by atoms with Gasteiger partial charge in [0.05, 0.1) is 0 Å². The van der Waals surface area contributed by atoms with E-state index in [1.165, 1.54) is 48.0 Å². The van der Waals surface area contributed by atoms with E-state index in [-0.39, 0.29) is 0 Å². The van der Waals surface area contributed by atoms with Crippen molar-refractivity contribution in [3.63, 3.8) is 0 Å². The summed E-state index contributed by atoms with van der Waals surface area (Å²) in [5, 5.41) is 2.62. The highest BCUT2D eigenvalue weighted by Crippen LogP contribution is 2.42. The van der Waals surface area contributed by atoms with Crippen LogP contribution in [0.2, 0.25) is 0 Å². The van der Waals surface area contributed by atoms with Crippen molar-refractivity contribution in [2.75, 3.05) is 4.90 Å². The summed E-state index contributed by atoms with van der Waals surface area (Å²) >= 11 is 1.87. The third kappa shape index (κ3) is 4.50. The topological polar surface area (TPSA) is 3.24 Å². The SMILES string of the molecule is Cc1cccc(N(c2cccc(-c3ccccc3)c2)c2ccc3c(c2)sc2cc(-c4ccccc4)ccc23)c1. The van der Waals surface area contributed by atoms with Gasteiger partial charge in [0.2, 0.25) is 0 Å². The van der Waals surface area contributed by atoms with Crippen LogP contribution < -0.4 is 4.90 Å². The third-order valence-corrected chi connectivity index (χ3v) is 8.41. The van der Waals surface area contributed by atoms with E-state index in [0.717, 1.165) is 17.1 Å². The molecule has 7 rings (SSSR count). The number of aryl methyl sites for hydroxylation is 1. The van der Waals surface area contributed by atoms with Crippen LogP contribution in [0, 0.1) is 6.92 Å². The maximum atomic E-state index is 2.37. The van der Waals surface area contributed by atoms with Crippen molar-refractivity contribution in [3.05, 3.63) is 151 Å². The molecule has 0 amide bonds. The van der Waals surface area contributed by atoms with Gasteiger partial charge >= 0.3 is 0 Å². The molecule has 0 saturated carbocycles. The van der Waals surface area contributed by atoms with Crippen LogP contribution in [-0.2, 0) is 0 Å². The maximum Gasteiger partial charge on any atom is 0.0476 e. The summed E-state index contributed by atoms with van der Waals surface area (Å²) in [6.07, 6.45) is 0. The van der Waals surface area contributed by atoms with E-state index >= 15 is 0 Å². The fourth-order valence-electron chi connectivity index (χ4n) is 5.38. The predicted octanol–water partition coefficient (Wildman–Crippen LogP) is 11.2. The average Bonchev–Trinajstić information content (AvgIpc) is 3.36. The Morgan fingerprint density at radius 2 is 0.949 bits per heavy atom. The molecule has 0 spiro atoms. The Balaban J connectivity index is 1.37. The summed E-state index contributed by atoms with van der Waals surface area (Å²) < 4.78 is 2.61. The molecule has 1 heterocycles. The smallest absolute Gasteiger partial charge is 0.0476 e. The first kappa shape index (κ1) is 23.5. The molecule has 1 nitrogen and oxygen atoms in total. The van der Waals surface area contributed by atoms with Gasteiger partial charge in [-0.25, -0.2) is 0 Å². The Morgan fingerprint density at radius 3 is 1.64 bits per heavy atom. The van der Waals surface area contributed by atoms with Crippen molar-refractivity contribution in [2.24, 2.45) is 0 Å². The van der Waals surface area contributed by atoms with Crippen LogP contribution in [0.25, 0.3) is 42.4 Å². The van der Waals surface area contributed by atoms with Crippen molar-refractivity contribution >= 4 is 48.6 Å². The Morgan fingerprint density at radius 1 is 0.410 bits per heavy atom. The monoisotopic (exact) mass is 517 g/mol. The summed E-state index contributed by atoms with van der Waals surface area (Å²) in [5.41, 5.74) is 9.65. The lowest BCUT2D eigenvalue weighted by atomic mass is 10.0. The normalized spacial score (nSPS) is 11.2. The largest absolute Gasteiger partial charge is 0.310 e. The number of hydrogen-bond acceptors (Lipinski definition) is 2. The summed E-state index contributed by atoms with van der Waals surface area (Å²) in [7, 11) is 0. The fourth-order valence-corrected chi connectivity index (χ4v) is 6.56. The summed E-state index contributed by atoms with van der Waals surface area (Å²) in [4.78, 5) is 2.37. The van der Waals surface area contributed by atoms with Gasteiger partial charge in [-0.15, -0.1) is 11.3 Å². The standard InChI is InChI=1S/C37H27NS/c1-26-10-8-16-31(22-26)38(32-17-9-15-29(23-32)27-11-4-2-5-12-27)33-19-21-35-34-20-18-30(28-13-6-3-7-14-28)24-36(34)39-37(35)25-33/h2-25H,1H3. The summed E-state index contributed by atoms with van der Waals surface area (Å²) in [6, 6.07) is 52.6. The van der Waals surface area contributed by atoms with Crippen molar-refractivity contribution in [1.82, 2.24) is 0 Å². The van der Waals surface area contributed by atoms with Gasteiger partial charge in [-0.3, -0.25) is 0 Å². The van der Waals surface area contributed by atoms with E-state index in [2.05, 4.69) is 157 Å². The van der Waals surface area contributed by atoms with Gasteiger partial charge in [0.1, 0.15) is 0 Å². The molecule has 186 valence electrons. The molecule has 0 aliphatic rings. The molecule has 39 heavy (non-hydrogen) atoms. The molecule has 0 bridgehead atoms. The van der Waals surface area contributed by atoms with Crippen LogP contribution in [-0.4, -0.2) is 0 Å². The Bertz CT molecular complexity index is 1920. The van der Waals surface area contributed by atoms with Gasteiger partial charge in [0.25, 0.3) is 0 Å². The van der Waals surface area contributed by atoms with E-state index < -0.39 is 0 Å². The van der Waals surface area contributed by atoms with Crippen LogP contribution in [0.1, 0.15) is 5.56 Å². The molecular weight excluding hydrogens is 490 g/mol. The van der Waals surface area contributed by atoms with Crippen molar-refractivity contribution < 1.29 is 0 Å². The molecule has 0 saturated heterocycles. The second kappa shape index (κ2) is 9.90. The first-order chi connectivity index (χ1) is 19.2. The number of hydrogen-bond donors (Lipinski definition) is 0. The lowest BCUT2D eigenvalue weighted by Crippen LogP contribution is -2.10. The Hall–Kier alpha value is -4.66. The molecule has 1 aromatic heterocycles. The summed E-state index contributed by atoms with van der Waals surface area (Å²) in [6.45, 7) is 2.15. The van der Waals surface area contributed by atoms with Gasteiger partial charge in [0, 0.05) is 37.2 Å². The second-order valence-corrected chi connectivity index (χ2v) is 11.0. The number of rotatable bonds is 5. The second-order valence-electron chi connectivity index (χ2n) is 9.95. The minimum Gasteiger partial charge on any atom is -0.310 e. The zero-order valence-electron chi connectivity index (χ0n) is 21.7. The van der Waals surface area contributed by atoms with E-state index in [4.69, 9.17) is 0 Å². The van der Waals surface area contributed by atoms with Crippen LogP contribution in [0.3, 0.4) is 0 Å². The molecular formula is C37H27NS. The van der Waals surface area contributed by atoms with Gasteiger partial charge in [-0.05, 0) is 77.2 Å². The first-order valence-corrected chi connectivity index (χ1v) is 14.1. The van der Waals surface area contributed by atoms with Crippen molar-refractivity contribution in [3.8, 4) is 22.3 Å². The Labute approximate surface area is 233 Å². The van der Waals surface area contributed by atoms with E-state index in [9.17, 15) is 0 Å². The van der Waals surface area contributed by atoms with Gasteiger partial charge in [0.15, 0.2) is 0 Å². The number of thiophene rings is 1. The van der Waals surface area contributed by atoms with Crippen LogP contribution in [0.15, 0.2) is 146 Å². The van der Waals surface area contributed by atoms with E-state index in [0.29, 0.717) is 0 Å². The highest BCUT2D eigenvalue weighted by atomic mass is 32.1. The minimum atomic E-state index is 1.15. The van der Waals surface area contributed by atoms with Crippen molar-refractivity contribution in [1.29, 1.82) is 0 Å². The average molecular weight is 518 g/mol. The highest BCUT2D eigenvalue weighted by molar-refractivity contribution is 7.25. The third-order valence-electron chi connectivity index (χ3n) is 7.29. The minimum absolute atomic E-state index is 1.15. The van der Waals surface area contributed by atoms with Crippen LogP contribution in [0.5, 0.6) is 0 Å². The maximum absolute atomic E-state index is 2.37. The lowest BCUT2D eigenvalue weighted by molar-refractivity contribution is 1.28. The van der Waals surface area contributed by atoms with Crippen molar-refractivity contribution in [2.45, 2.75) is 6.92 Å². The molecule has 0 aliphatic carbocycles. The molecule has 0 radical (unpaired) electrons. The van der Waals surface area contributed by atoms with Gasteiger partial charge in [-0.1, -0.05) is 103 Å². The van der Waals surface area contributed by atoms with E-state index in [1.807, 2.05) is 11.3 Å². The highest BCUT2D eigenvalue weighted by Gasteiger charge is 2.16. The number of nitrogens with zero attached hydrogens (tertiary/aromatic N) is 1. The molecule has 0 fully saturated rings. The molecule has 0 unspecified atom stereocenters. The molecule has 0 atom stereocenters. The molecule has 0 N–H and O–H groups in total. The zero-order valence-corrected chi connectivity index (χ0v) is 22.5. The van der Waals surface area contributed by atoms with E-state index in [1.54, 1.807) is 0 Å². The summed E-state index contributed by atoms with van der Waals surface area (Å²) in [5.74, 6) is 0.